The summed E-state index contributed by atoms with van der Waals surface area (Å²) in [6, 6.07) is 7.33. The van der Waals surface area contributed by atoms with Crippen LogP contribution in [-0.4, -0.2) is 12.2 Å². The molecule has 0 bridgehead atoms. The van der Waals surface area contributed by atoms with Gasteiger partial charge in [0.1, 0.15) is 11.4 Å². The van der Waals surface area contributed by atoms with E-state index >= 15 is 0 Å². The second-order valence-corrected chi connectivity index (χ2v) is 1.81. The summed E-state index contributed by atoms with van der Waals surface area (Å²) < 4.78 is 0. The second-order valence-electron chi connectivity index (χ2n) is 1.81. The highest BCUT2D eigenvalue weighted by atomic mass is 16.1. The molecular weight excluding hydrogens is 156 g/mol. The molecule has 0 aromatic heterocycles. The molecule has 12 heavy (non-hydrogen) atoms. The fourth-order valence-corrected chi connectivity index (χ4v) is 0.694. The third-order valence-electron chi connectivity index (χ3n) is 1.14. The van der Waals surface area contributed by atoms with Crippen LogP contribution >= 0.6 is 0 Å². The van der Waals surface area contributed by atoms with E-state index in [0.717, 1.165) is 0 Å². The normalized spacial score (nSPS) is 8.00. The average Bonchev–Trinajstić information content (AvgIpc) is 2.09. The molecule has 0 heterocycles. The van der Waals surface area contributed by atoms with Gasteiger partial charge in [-0.1, -0.05) is 12.1 Å². The molecule has 1 aromatic rings. The Morgan fingerprint density at radius 2 is 2.00 bits per heavy atom. The second kappa shape index (κ2) is 3.98. The lowest BCUT2D eigenvalue weighted by Gasteiger charge is -1.91. The van der Waals surface area contributed by atoms with E-state index in [2.05, 4.69) is 16.1 Å². The molecule has 0 aliphatic heterocycles. The molecule has 4 nitrogen and oxygen atoms in total. The highest BCUT2D eigenvalue weighted by molar-refractivity contribution is 5.67. The van der Waals surface area contributed by atoms with Crippen molar-refractivity contribution in [1.82, 2.24) is 0 Å². The Morgan fingerprint density at radius 3 is 2.67 bits per heavy atom. The number of benzene rings is 1. The monoisotopic (exact) mass is 159 g/mol. The Hall–Kier alpha value is -2.02. The smallest absolute Gasteiger partial charge is 0.211 e. The van der Waals surface area contributed by atoms with Crippen LogP contribution in [0.5, 0.6) is 0 Å². The lowest BCUT2D eigenvalue weighted by atomic mass is 10.3. The van der Waals surface area contributed by atoms with Gasteiger partial charge in [-0.15, -0.1) is 0 Å². The van der Waals surface area contributed by atoms with E-state index in [9.17, 15) is 9.59 Å². The van der Waals surface area contributed by atoms with Crippen LogP contribution in [0.4, 0.5) is 11.4 Å². The van der Waals surface area contributed by atoms with Crippen molar-refractivity contribution in [3.8, 4) is 0 Å². The maximum absolute atomic E-state index is 9.88. The molecular formula is C8H3N2O2. The number of hydrogen-bond donors (Lipinski definition) is 0. The molecule has 57 valence electrons. The van der Waals surface area contributed by atoms with Gasteiger partial charge in [0.15, 0.2) is 0 Å². The van der Waals surface area contributed by atoms with Crippen molar-refractivity contribution in [3.05, 3.63) is 24.3 Å². The lowest BCUT2D eigenvalue weighted by Crippen LogP contribution is -1.67. The molecule has 4 heteroatoms. The minimum Gasteiger partial charge on any atom is -0.211 e. The summed E-state index contributed by atoms with van der Waals surface area (Å²) in [5, 5.41) is 0. The summed E-state index contributed by atoms with van der Waals surface area (Å²) in [5.74, 6) is 0. The number of carbonyl (C=O) groups excluding carboxylic acids is 2. The van der Waals surface area contributed by atoms with Gasteiger partial charge in [0, 0.05) is 6.07 Å². The first kappa shape index (κ1) is 8.08. The SMILES string of the molecule is O=C=Nc1[c]cccc1N=C=O. The van der Waals surface area contributed by atoms with Crippen molar-refractivity contribution in [1.29, 1.82) is 0 Å². The molecule has 1 aromatic carbocycles. The predicted molar refractivity (Wildman–Crippen MR) is 40.8 cm³/mol. The van der Waals surface area contributed by atoms with Gasteiger partial charge in [-0.25, -0.2) is 9.59 Å². The molecule has 1 rings (SSSR count). The Kier molecular flexibility index (Phi) is 2.68. The number of para-hydroxylation sites is 1. The topological polar surface area (TPSA) is 58.9 Å². The van der Waals surface area contributed by atoms with Gasteiger partial charge >= 0.3 is 0 Å². The third-order valence-corrected chi connectivity index (χ3v) is 1.14. The molecule has 0 N–H and O–H groups in total. The van der Waals surface area contributed by atoms with E-state index in [0.29, 0.717) is 0 Å². The number of rotatable bonds is 2. The third kappa shape index (κ3) is 1.73. The van der Waals surface area contributed by atoms with Crippen LogP contribution in [0.3, 0.4) is 0 Å². The van der Waals surface area contributed by atoms with Crippen molar-refractivity contribution in [3.63, 3.8) is 0 Å². The van der Waals surface area contributed by atoms with Gasteiger partial charge in [0.05, 0.1) is 0 Å². The van der Waals surface area contributed by atoms with E-state index in [1.54, 1.807) is 12.1 Å². The molecule has 0 saturated carbocycles. The molecule has 0 spiro atoms. The van der Waals surface area contributed by atoms with E-state index in [1.165, 1.54) is 18.2 Å². The molecule has 1 radical (unpaired) electrons. The Balaban J connectivity index is 3.25. The van der Waals surface area contributed by atoms with Crippen LogP contribution in [0.2, 0.25) is 0 Å². The average molecular weight is 159 g/mol. The van der Waals surface area contributed by atoms with Gasteiger partial charge in [-0.2, -0.15) is 9.98 Å². The molecule has 0 fully saturated rings. The van der Waals surface area contributed by atoms with Crippen LogP contribution in [0, 0.1) is 6.07 Å². The largest absolute Gasteiger partial charge is 0.240 e. The van der Waals surface area contributed by atoms with Crippen LogP contribution in [-0.2, 0) is 9.59 Å². The van der Waals surface area contributed by atoms with E-state index < -0.39 is 0 Å². The fraction of sp³-hybridized carbons (Fsp3) is 0. The zero-order chi connectivity index (χ0) is 8.81. The summed E-state index contributed by atoms with van der Waals surface area (Å²) in [5.41, 5.74) is 0.451. The lowest BCUT2D eigenvalue weighted by molar-refractivity contribution is 0.564. The maximum atomic E-state index is 9.88. The van der Waals surface area contributed by atoms with Crippen LogP contribution in [0.25, 0.3) is 0 Å². The van der Waals surface area contributed by atoms with Crippen molar-refractivity contribution in [2.75, 3.05) is 0 Å². The standard InChI is InChI=1S/C8H3N2O2/c11-5-9-7-3-1-2-4-8(7)10-6-12/h1-3H. The summed E-state index contributed by atoms with van der Waals surface area (Å²) in [4.78, 5) is 26.4. The predicted octanol–water partition coefficient (Wildman–Crippen LogP) is 1.42. The van der Waals surface area contributed by atoms with Crippen molar-refractivity contribution < 1.29 is 9.59 Å². The highest BCUT2D eigenvalue weighted by Gasteiger charge is 1.96. The minimum atomic E-state index is 0.191. The van der Waals surface area contributed by atoms with E-state index in [-0.39, 0.29) is 11.4 Å². The van der Waals surface area contributed by atoms with Crippen molar-refractivity contribution in [2.24, 2.45) is 9.98 Å². The Bertz CT molecular complexity index is 337. The first-order valence-corrected chi connectivity index (χ1v) is 3.05. The van der Waals surface area contributed by atoms with Gasteiger partial charge in [-0.05, 0) is 6.07 Å². The molecule has 0 atom stereocenters. The summed E-state index contributed by atoms with van der Waals surface area (Å²) in [7, 11) is 0. The van der Waals surface area contributed by atoms with E-state index in [4.69, 9.17) is 0 Å². The number of nitrogens with zero attached hydrogens (tertiary/aromatic N) is 2. The zero-order valence-corrected chi connectivity index (χ0v) is 5.94. The Labute approximate surface area is 68.3 Å². The summed E-state index contributed by atoms with van der Waals surface area (Å²) in [6.07, 6.45) is 2.68. The zero-order valence-electron chi connectivity index (χ0n) is 5.94. The first-order chi connectivity index (χ1) is 5.88. The van der Waals surface area contributed by atoms with Crippen molar-refractivity contribution in [2.45, 2.75) is 0 Å². The number of aliphatic imine (C=N–C) groups is 2. The molecule has 0 unspecified atom stereocenters. The summed E-state index contributed by atoms with van der Waals surface area (Å²) >= 11 is 0. The van der Waals surface area contributed by atoms with E-state index in [1.807, 2.05) is 0 Å². The van der Waals surface area contributed by atoms with Crippen LogP contribution in [0.15, 0.2) is 28.2 Å². The maximum Gasteiger partial charge on any atom is 0.240 e. The number of hydrogen-bond acceptors (Lipinski definition) is 4. The van der Waals surface area contributed by atoms with Gasteiger partial charge in [-0.3, -0.25) is 0 Å². The fourth-order valence-electron chi connectivity index (χ4n) is 0.694. The number of isocyanates is 2. The minimum absolute atomic E-state index is 0.191. The van der Waals surface area contributed by atoms with Crippen LogP contribution in [0.1, 0.15) is 0 Å². The first-order valence-electron chi connectivity index (χ1n) is 3.05. The molecule has 0 saturated heterocycles. The quantitative estimate of drug-likeness (QED) is 0.484. The van der Waals surface area contributed by atoms with Crippen molar-refractivity contribution >= 4 is 23.5 Å². The van der Waals surface area contributed by atoms with Gasteiger partial charge < -0.3 is 0 Å². The van der Waals surface area contributed by atoms with Gasteiger partial charge in [0.25, 0.3) is 0 Å². The highest BCUT2D eigenvalue weighted by Crippen LogP contribution is 2.25. The summed E-state index contributed by atoms with van der Waals surface area (Å²) in [6.45, 7) is 0. The molecule has 0 aliphatic rings. The van der Waals surface area contributed by atoms with Crippen LogP contribution < -0.4 is 0 Å². The molecule has 0 amide bonds. The molecule has 0 aliphatic carbocycles. The van der Waals surface area contributed by atoms with Gasteiger partial charge in [0.2, 0.25) is 12.2 Å². The Morgan fingerprint density at radius 1 is 1.25 bits per heavy atom.